The van der Waals surface area contributed by atoms with Crippen LogP contribution in [0, 0.1) is 0 Å². The van der Waals surface area contributed by atoms with Gasteiger partial charge in [0.05, 0.1) is 37.8 Å². The SMILES string of the molecule is O=C(O)CC(O)(CC(=O)O)C(=O)O.O=C(O)CC(O)(CC(=O)O)C(=O)O.O=c1ccc2ccc(OCCCCN3CCN(c4cccc5sccc45)CC3)cc2[nH]1. The van der Waals surface area contributed by atoms with E-state index in [0.717, 1.165) is 62.2 Å². The number of carboxylic acids is 6. The number of carboxylic acid groups (broad SMARTS) is 6. The maximum absolute atomic E-state index is 11.5. The van der Waals surface area contributed by atoms with E-state index in [9.17, 15) is 33.6 Å². The zero-order valence-electron chi connectivity index (χ0n) is 30.4. The highest BCUT2D eigenvalue weighted by molar-refractivity contribution is 7.17. The van der Waals surface area contributed by atoms with E-state index in [-0.39, 0.29) is 5.56 Å². The lowest BCUT2D eigenvalue weighted by Gasteiger charge is -2.36. The number of unbranched alkanes of at least 4 members (excludes halogenated alkanes) is 1. The summed E-state index contributed by atoms with van der Waals surface area (Å²) in [6.07, 6.45) is -2.42. The Labute approximate surface area is 327 Å². The maximum Gasteiger partial charge on any atom is 0.336 e. The van der Waals surface area contributed by atoms with Gasteiger partial charge in [0.15, 0.2) is 11.2 Å². The van der Waals surface area contributed by atoms with E-state index in [1.807, 2.05) is 35.6 Å². The van der Waals surface area contributed by atoms with Crippen LogP contribution in [-0.4, -0.2) is 137 Å². The molecule has 0 radical (unpaired) electrons. The molecule has 1 aliphatic rings. The van der Waals surface area contributed by atoms with Crippen molar-refractivity contribution >= 4 is 73.8 Å². The van der Waals surface area contributed by atoms with Gasteiger partial charge in [-0.05, 0) is 66.6 Å². The maximum atomic E-state index is 11.5. The largest absolute Gasteiger partial charge is 0.494 e. The topological polar surface area (TPSA) is 313 Å². The Morgan fingerprint density at radius 3 is 1.77 bits per heavy atom. The molecule has 0 aliphatic carbocycles. The summed E-state index contributed by atoms with van der Waals surface area (Å²) in [5, 5.41) is 72.2. The highest BCUT2D eigenvalue weighted by Crippen LogP contribution is 2.31. The first kappa shape index (κ1) is 45.3. The van der Waals surface area contributed by atoms with Crippen molar-refractivity contribution < 1.29 is 74.4 Å². The van der Waals surface area contributed by atoms with Crippen LogP contribution in [0.4, 0.5) is 5.69 Å². The Morgan fingerprint density at radius 2 is 1.25 bits per heavy atom. The average molecular weight is 818 g/mol. The smallest absolute Gasteiger partial charge is 0.336 e. The molecule has 0 atom stereocenters. The molecule has 19 nitrogen and oxygen atoms in total. The highest BCUT2D eigenvalue weighted by atomic mass is 32.1. The number of aromatic nitrogens is 1. The lowest BCUT2D eigenvalue weighted by atomic mass is 9.96. The standard InChI is InChI=1S/C25H27N3O2S.2C6H8O7/c29-25-9-7-19-6-8-20(18-22(19)26-25)30-16-2-1-11-27-12-14-28(15-13-27)23-4-3-5-24-21(23)10-17-31-24;2*7-3(8)1-6(13,5(11)12)2-4(9)10/h3-10,17-18H,1-2,11-16H2,(H,26,29);2*13H,1-2H2,(H,7,8)(H,9,10)(H,11,12). The molecule has 0 spiro atoms. The second kappa shape index (κ2) is 20.7. The summed E-state index contributed by atoms with van der Waals surface area (Å²) in [7, 11) is 0. The van der Waals surface area contributed by atoms with Gasteiger partial charge in [-0.15, -0.1) is 11.3 Å². The van der Waals surface area contributed by atoms with Crippen LogP contribution in [0.25, 0.3) is 21.0 Å². The fourth-order valence-corrected chi connectivity index (χ4v) is 6.55. The van der Waals surface area contributed by atoms with Crippen molar-refractivity contribution in [2.75, 3.05) is 44.2 Å². The Bertz CT molecular complexity index is 2020. The number of aromatic amines is 1. The van der Waals surface area contributed by atoms with E-state index in [1.54, 1.807) is 6.07 Å². The second-order valence-corrected chi connectivity index (χ2v) is 14.0. The van der Waals surface area contributed by atoms with Crippen LogP contribution in [0.3, 0.4) is 0 Å². The highest BCUT2D eigenvalue weighted by Gasteiger charge is 2.41. The molecule has 3 heterocycles. The summed E-state index contributed by atoms with van der Waals surface area (Å²) in [5.41, 5.74) is -3.36. The first-order chi connectivity index (χ1) is 26.8. The van der Waals surface area contributed by atoms with Crippen LogP contribution < -0.4 is 15.2 Å². The molecule has 0 amide bonds. The first-order valence-corrected chi connectivity index (χ1v) is 18.2. The van der Waals surface area contributed by atoms with Crippen LogP contribution in [0.1, 0.15) is 38.5 Å². The van der Waals surface area contributed by atoms with E-state index in [0.29, 0.717) is 6.61 Å². The molecule has 1 aliphatic heterocycles. The number of rotatable bonds is 17. The Morgan fingerprint density at radius 1 is 0.702 bits per heavy atom. The van der Waals surface area contributed by atoms with E-state index in [1.165, 1.54) is 15.8 Å². The first-order valence-electron chi connectivity index (χ1n) is 17.3. The van der Waals surface area contributed by atoms with Crippen molar-refractivity contribution in [2.24, 2.45) is 0 Å². The van der Waals surface area contributed by atoms with Crippen LogP contribution in [0.2, 0.25) is 0 Å². The number of fused-ring (bicyclic) bond motifs is 2. The van der Waals surface area contributed by atoms with Gasteiger partial charge in [-0.3, -0.25) is 28.9 Å². The number of benzene rings is 2. The van der Waals surface area contributed by atoms with Crippen LogP contribution in [-0.2, 0) is 28.8 Å². The van der Waals surface area contributed by atoms with Crippen molar-refractivity contribution in [1.82, 2.24) is 9.88 Å². The number of nitrogens with zero attached hydrogens (tertiary/aromatic N) is 2. The minimum atomic E-state index is -2.74. The molecule has 5 rings (SSSR count). The molecule has 308 valence electrons. The number of hydrogen-bond acceptors (Lipinski definition) is 13. The molecular formula is C37H43N3O16S. The van der Waals surface area contributed by atoms with Gasteiger partial charge in [0.2, 0.25) is 5.56 Å². The normalized spacial score (nSPS) is 13.1. The van der Waals surface area contributed by atoms with Crippen LogP contribution in [0.15, 0.2) is 64.8 Å². The van der Waals surface area contributed by atoms with E-state index >= 15 is 0 Å². The second-order valence-electron chi connectivity index (χ2n) is 13.0. The van der Waals surface area contributed by atoms with Gasteiger partial charge >= 0.3 is 35.8 Å². The number of aliphatic hydroxyl groups is 2. The number of piperazine rings is 1. The summed E-state index contributed by atoms with van der Waals surface area (Å²) in [4.78, 5) is 80.4. The predicted octanol–water partition coefficient (Wildman–Crippen LogP) is 2.23. The number of thiophene rings is 1. The zero-order chi connectivity index (χ0) is 42.3. The molecule has 0 unspecified atom stereocenters. The van der Waals surface area contributed by atoms with Gasteiger partial charge in [-0.25, -0.2) is 9.59 Å². The van der Waals surface area contributed by atoms with Gasteiger partial charge < -0.3 is 55.5 Å². The van der Waals surface area contributed by atoms with Crippen LogP contribution >= 0.6 is 11.3 Å². The fourth-order valence-electron chi connectivity index (χ4n) is 5.74. The molecule has 1 fully saturated rings. The molecular weight excluding hydrogens is 774 g/mol. The number of nitrogens with one attached hydrogen (secondary N) is 1. The number of aliphatic carboxylic acids is 6. The zero-order valence-corrected chi connectivity index (χ0v) is 31.2. The number of H-pyrrole nitrogens is 1. The van der Waals surface area contributed by atoms with E-state index < -0.39 is 72.7 Å². The number of anilines is 1. The minimum absolute atomic E-state index is 0.0863. The summed E-state index contributed by atoms with van der Waals surface area (Å²) in [6, 6.07) is 18.1. The van der Waals surface area contributed by atoms with Crippen molar-refractivity contribution in [3.63, 3.8) is 0 Å². The van der Waals surface area contributed by atoms with Gasteiger partial charge in [0.25, 0.3) is 0 Å². The summed E-state index contributed by atoms with van der Waals surface area (Å²) < 4.78 is 7.28. The van der Waals surface area contributed by atoms with Crippen molar-refractivity contribution in [3.8, 4) is 5.75 Å². The predicted molar refractivity (Wildman–Crippen MR) is 204 cm³/mol. The average Bonchev–Trinajstić information content (AvgIpc) is 3.60. The monoisotopic (exact) mass is 817 g/mol. The summed E-state index contributed by atoms with van der Waals surface area (Å²) >= 11 is 1.82. The lowest BCUT2D eigenvalue weighted by Crippen LogP contribution is -2.46. The minimum Gasteiger partial charge on any atom is -0.494 e. The lowest BCUT2D eigenvalue weighted by molar-refractivity contribution is -0.170. The number of hydrogen-bond donors (Lipinski definition) is 9. The molecule has 0 saturated carbocycles. The molecule has 57 heavy (non-hydrogen) atoms. The molecule has 4 aromatic rings. The van der Waals surface area contributed by atoms with E-state index in [2.05, 4.69) is 44.4 Å². The van der Waals surface area contributed by atoms with Gasteiger partial charge in [-0.1, -0.05) is 6.07 Å². The molecule has 20 heteroatoms. The third-order valence-corrected chi connectivity index (χ3v) is 9.47. The Balaban J connectivity index is 0.000000279. The molecule has 2 aromatic heterocycles. The number of ether oxygens (including phenoxy) is 1. The Kier molecular flexibility index (Phi) is 16.5. The molecule has 0 bridgehead atoms. The third-order valence-electron chi connectivity index (χ3n) is 8.59. The van der Waals surface area contributed by atoms with Gasteiger partial charge in [0, 0.05) is 54.1 Å². The summed E-state index contributed by atoms with van der Waals surface area (Å²) in [5.74, 6) is -9.23. The quantitative estimate of drug-likeness (QED) is 0.0690. The van der Waals surface area contributed by atoms with Crippen molar-refractivity contribution in [2.45, 2.75) is 49.7 Å². The molecule has 2 aromatic carbocycles. The third kappa shape index (κ3) is 14.2. The van der Waals surface area contributed by atoms with Crippen molar-refractivity contribution in [3.05, 3.63) is 70.3 Å². The molecule has 9 N–H and O–H groups in total. The summed E-state index contributed by atoms with van der Waals surface area (Å²) in [6.45, 7) is 6.20. The van der Waals surface area contributed by atoms with Gasteiger partial charge in [0.1, 0.15) is 5.75 Å². The van der Waals surface area contributed by atoms with Crippen LogP contribution in [0.5, 0.6) is 5.75 Å². The van der Waals surface area contributed by atoms with Crippen molar-refractivity contribution in [1.29, 1.82) is 0 Å². The van der Waals surface area contributed by atoms with Gasteiger partial charge in [-0.2, -0.15) is 0 Å². The van der Waals surface area contributed by atoms with E-state index in [4.69, 9.17) is 45.6 Å². The fraction of sp³-hybridized carbons (Fsp3) is 0.378. The number of pyridine rings is 1. The number of carbonyl (C=O) groups is 6. The Hall–Kier alpha value is -6.09. The molecule has 1 saturated heterocycles.